The molecule has 1 saturated heterocycles. The molecule has 2 amide bonds. The summed E-state index contributed by atoms with van der Waals surface area (Å²) in [5, 5.41) is 2.23. The van der Waals surface area contributed by atoms with Gasteiger partial charge in [0, 0.05) is 27.3 Å². The SMILES string of the molecule is COP(=O)(NC(=O)N1CCCC1)OC. The van der Waals surface area contributed by atoms with Crippen molar-refractivity contribution in [3.63, 3.8) is 0 Å². The molecule has 1 fully saturated rings. The molecule has 0 bridgehead atoms. The fourth-order valence-electron chi connectivity index (χ4n) is 1.27. The Morgan fingerprint density at radius 2 is 1.79 bits per heavy atom. The van der Waals surface area contributed by atoms with Crippen LogP contribution in [0.15, 0.2) is 0 Å². The average molecular weight is 222 g/mol. The summed E-state index contributed by atoms with van der Waals surface area (Å²) in [6.07, 6.45) is 1.97. The van der Waals surface area contributed by atoms with Gasteiger partial charge in [0.15, 0.2) is 0 Å². The summed E-state index contributed by atoms with van der Waals surface area (Å²) in [6, 6.07) is -0.394. The first-order valence-corrected chi connectivity index (χ1v) is 5.94. The third-order valence-electron chi connectivity index (χ3n) is 2.11. The minimum atomic E-state index is -3.43. The van der Waals surface area contributed by atoms with Crippen LogP contribution in [-0.2, 0) is 13.6 Å². The first kappa shape index (κ1) is 11.5. The first-order valence-electron chi connectivity index (χ1n) is 4.40. The van der Waals surface area contributed by atoms with E-state index in [1.54, 1.807) is 4.90 Å². The number of nitrogens with one attached hydrogen (secondary N) is 1. The Hall–Kier alpha value is -0.580. The van der Waals surface area contributed by atoms with Gasteiger partial charge in [-0.3, -0.25) is 9.05 Å². The maximum absolute atomic E-state index is 11.5. The van der Waals surface area contributed by atoms with Gasteiger partial charge in [-0.2, -0.15) is 0 Å². The molecular weight excluding hydrogens is 207 g/mol. The number of likely N-dealkylation sites (tertiary alicyclic amines) is 1. The number of carbonyl (C=O) groups excluding carboxylic acids is 1. The van der Waals surface area contributed by atoms with Crippen LogP contribution < -0.4 is 5.09 Å². The van der Waals surface area contributed by atoms with E-state index in [1.807, 2.05) is 0 Å². The van der Waals surface area contributed by atoms with Crippen LogP contribution in [0.5, 0.6) is 0 Å². The van der Waals surface area contributed by atoms with Crippen molar-refractivity contribution < 1.29 is 18.4 Å². The normalized spacial score (nSPS) is 17.1. The van der Waals surface area contributed by atoms with Crippen LogP contribution in [0.1, 0.15) is 12.8 Å². The lowest BCUT2D eigenvalue weighted by Gasteiger charge is -2.20. The van der Waals surface area contributed by atoms with Crippen molar-refractivity contribution in [3.8, 4) is 0 Å². The Morgan fingerprint density at radius 1 is 1.29 bits per heavy atom. The summed E-state index contributed by atoms with van der Waals surface area (Å²) in [4.78, 5) is 13.0. The number of nitrogens with zero attached hydrogens (tertiary/aromatic N) is 1. The van der Waals surface area contributed by atoms with Gasteiger partial charge < -0.3 is 4.90 Å². The number of carbonyl (C=O) groups is 1. The van der Waals surface area contributed by atoms with E-state index in [1.165, 1.54) is 14.2 Å². The summed E-state index contributed by atoms with van der Waals surface area (Å²) < 4.78 is 20.7. The highest BCUT2D eigenvalue weighted by molar-refractivity contribution is 7.52. The summed E-state index contributed by atoms with van der Waals surface area (Å²) in [5.41, 5.74) is 0. The van der Waals surface area contributed by atoms with Crippen LogP contribution >= 0.6 is 7.75 Å². The average Bonchev–Trinajstić information content (AvgIpc) is 2.70. The van der Waals surface area contributed by atoms with Crippen molar-refractivity contribution in [3.05, 3.63) is 0 Å². The van der Waals surface area contributed by atoms with Gasteiger partial charge in [-0.25, -0.2) is 14.4 Å². The third kappa shape index (κ3) is 2.70. The zero-order valence-electron chi connectivity index (χ0n) is 8.36. The second kappa shape index (κ2) is 4.77. The summed E-state index contributed by atoms with van der Waals surface area (Å²) >= 11 is 0. The van der Waals surface area contributed by atoms with Crippen molar-refractivity contribution in [2.45, 2.75) is 12.8 Å². The van der Waals surface area contributed by atoms with E-state index in [4.69, 9.17) is 0 Å². The van der Waals surface area contributed by atoms with E-state index in [2.05, 4.69) is 14.1 Å². The highest BCUT2D eigenvalue weighted by Gasteiger charge is 2.28. The second-order valence-electron chi connectivity index (χ2n) is 2.97. The van der Waals surface area contributed by atoms with Gasteiger partial charge in [0.1, 0.15) is 0 Å². The highest BCUT2D eigenvalue weighted by atomic mass is 31.2. The van der Waals surface area contributed by atoms with E-state index in [-0.39, 0.29) is 0 Å². The number of rotatable bonds is 3. The van der Waals surface area contributed by atoms with Gasteiger partial charge in [0.25, 0.3) is 0 Å². The number of urea groups is 1. The lowest BCUT2D eigenvalue weighted by atomic mass is 10.4. The van der Waals surface area contributed by atoms with Crippen molar-refractivity contribution in [1.82, 2.24) is 9.99 Å². The van der Waals surface area contributed by atoms with Crippen LogP contribution in [0.3, 0.4) is 0 Å². The lowest BCUT2D eigenvalue weighted by molar-refractivity contribution is 0.206. The molecule has 1 aliphatic rings. The molecule has 0 aromatic carbocycles. The molecule has 0 saturated carbocycles. The zero-order chi connectivity index (χ0) is 10.6. The molecule has 0 atom stereocenters. The Labute approximate surface area is 83.1 Å². The zero-order valence-corrected chi connectivity index (χ0v) is 9.25. The van der Waals surface area contributed by atoms with Gasteiger partial charge in [-0.15, -0.1) is 0 Å². The number of amides is 2. The van der Waals surface area contributed by atoms with Crippen molar-refractivity contribution in [1.29, 1.82) is 0 Å². The molecule has 7 heteroatoms. The molecule has 0 unspecified atom stereocenters. The molecule has 14 heavy (non-hydrogen) atoms. The van der Waals surface area contributed by atoms with E-state index in [0.717, 1.165) is 12.8 Å². The molecule has 0 aliphatic carbocycles. The molecule has 1 N–H and O–H groups in total. The molecule has 0 radical (unpaired) electrons. The molecule has 82 valence electrons. The van der Waals surface area contributed by atoms with Crippen LogP contribution in [0, 0.1) is 0 Å². The predicted octanol–water partition coefficient (Wildman–Crippen LogP) is 1.19. The minimum Gasteiger partial charge on any atom is -0.324 e. The molecule has 1 rings (SSSR count). The molecule has 1 heterocycles. The lowest BCUT2D eigenvalue weighted by Crippen LogP contribution is -2.36. The van der Waals surface area contributed by atoms with Crippen LogP contribution in [0.2, 0.25) is 0 Å². The molecule has 0 spiro atoms. The summed E-state index contributed by atoms with van der Waals surface area (Å²) in [7, 11) is -0.970. The van der Waals surface area contributed by atoms with E-state index >= 15 is 0 Å². The fraction of sp³-hybridized carbons (Fsp3) is 0.857. The summed E-state index contributed by atoms with van der Waals surface area (Å²) in [5.74, 6) is 0. The van der Waals surface area contributed by atoms with Gasteiger partial charge in [-0.05, 0) is 12.8 Å². The Morgan fingerprint density at radius 3 is 2.21 bits per heavy atom. The minimum absolute atomic E-state index is 0.394. The molecule has 6 nitrogen and oxygen atoms in total. The van der Waals surface area contributed by atoms with E-state index in [0.29, 0.717) is 13.1 Å². The number of hydrogen-bond donors (Lipinski definition) is 1. The van der Waals surface area contributed by atoms with E-state index in [9.17, 15) is 9.36 Å². The smallest absolute Gasteiger partial charge is 0.324 e. The molecule has 0 aromatic rings. The van der Waals surface area contributed by atoms with Crippen molar-refractivity contribution >= 4 is 13.8 Å². The quantitative estimate of drug-likeness (QED) is 0.728. The molecular formula is C7H15N2O4P. The van der Waals surface area contributed by atoms with Crippen LogP contribution in [0.4, 0.5) is 4.79 Å². The monoisotopic (exact) mass is 222 g/mol. The highest BCUT2D eigenvalue weighted by Crippen LogP contribution is 2.41. The molecule has 1 aliphatic heterocycles. The number of hydrogen-bond acceptors (Lipinski definition) is 4. The fourth-order valence-corrected chi connectivity index (χ4v) is 1.98. The maximum atomic E-state index is 11.5. The summed E-state index contributed by atoms with van der Waals surface area (Å²) in [6.45, 7) is 1.39. The Balaban J connectivity index is 2.50. The van der Waals surface area contributed by atoms with Gasteiger partial charge in [0.2, 0.25) is 0 Å². The van der Waals surface area contributed by atoms with E-state index < -0.39 is 13.8 Å². The van der Waals surface area contributed by atoms with Crippen molar-refractivity contribution in [2.24, 2.45) is 0 Å². The topological polar surface area (TPSA) is 67.9 Å². The molecule has 0 aromatic heterocycles. The van der Waals surface area contributed by atoms with Crippen molar-refractivity contribution in [2.75, 3.05) is 27.3 Å². The Kier molecular flexibility index (Phi) is 3.92. The van der Waals surface area contributed by atoms with Crippen LogP contribution in [0.25, 0.3) is 0 Å². The van der Waals surface area contributed by atoms with Gasteiger partial charge in [-0.1, -0.05) is 0 Å². The largest absolute Gasteiger partial charge is 0.435 e. The second-order valence-corrected chi connectivity index (χ2v) is 4.92. The van der Waals surface area contributed by atoms with Crippen LogP contribution in [-0.4, -0.2) is 38.2 Å². The maximum Gasteiger partial charge on any atom is 0.435 e. The standard InChI is InChI=1S/C7H15N2O4P/c1-12-14(11,13-2)8-7(10)9-5-3-4-6-9/h3-6H2,1-2H3,(H,8,10,11). The van der Waals surface area contributed by atoms with Gasteiger partial charge >= 0.3 is 13.8 Å². The Bertz CT molecular complexity index is 244. The predicted molar refractivity (Wildman–Crippen MR) is 51.0 cm³/mol. The third-order valence-corrected chi connectivity index (χ3v) is 3.53. The van der Waals surface area contributed by atoms with Gasteiger partial charge in [0.05, 0.1) is 0 Å². The first-order chi connectivity index (χ1) is 6.61.